The van der Waals surface area contributed by atoms with Gasteiger partial charge in [0.2, 0.25) is 0 Å². The number of amides is 1. The Hall–Kier alpha value is -2.33. The van der Waals surface area contributed by atoms with Gasteiger partial charge < -0.3 is 10.2 Å². The summed E-state index contributed by atoms with van der Waals surface area (Å²) in [6.07, 6.45) is 4.95. The van der Waals surface area contributed by atoms with E-state index in [1.54, 1.807) is 6.20 Å². The highest BCUT2D eigenvalue weighted by atomic mass is 127. The molecule has 1 saturated heterocycles. The number of carbonyl (C=O) groups excluding carboxylic acids is 1. The minimum atomic E-state index is -0.349. The lowest BCUT2D eigenvalue weighted by atomic mass is 9.90. The van der Waals surface area contributed by atoms with Gasteiger partial charge in [-0.2, -0.15) is 5.26 Å². The number of benzene rings is 2. The second kappa shape index (κ2) is 9.74. The SMILES string of the molecule is Cc1cc(I)ccc1NC(=O)/C(C#N)=C\N1CCC(Cc2ccccc2)CC1. The molecular formula is C23H24IN3O. The molecule has 0 unspecified atom stereocenters. The Morgan fingerprint density at radius 2 is 1.96 bits per heavy atom. The van der Waals surface area contributed by atoms with Crippen molar-refractivity contribution in [1.29, 1.82) is 5.26 Å². The van der Waals surface area contributed by atoms with Crippen molar-refractivity contribution >= 4 is 34.2 Å². The summed E-state index contributed by atoms with van der Waals surface area (Å²) in [6.45, 7) is 3.70. The summed E-state index contributed by atoms with van der Waals surface area (Å²) in [7, 11) is 0. The number of nitrogens with zero attached hydrogens (tertiary/aromatic N) is 2. The number of halogens is 1. The third-order valence-electron chi connectivity index (χ3n) is 5.13. The van der Waals surface area contributed by atoms with Crippen molar-refractivity contribution in [3.05, 3.63) is 75.0 Å². The number of aryl methyl sites for hydroxylation is 1. The first-order valence-electron chi connectivity index (χ1n) is 9.52. The largest absolute Gasteiger partial charge is 0.376 e. The molecule has 0 atom stereocenters. The first-order chi connectivity index (χ1) is 13.5. The Kier molecular flexibility index (Phi) is 7.10. The fraction of sp³-hybridized carbons (Fsp3) is 0.304. The van der Waals surface area contributed by atoms with Crippen LogP contribution in [0.4, 0.5) is 5.69 Å². The van der Waals surface area contributed by atoms with Crippen molar-refractivity contribution < 1.29 is 4.79 Å². The normalized spacial score (nSPS) is 15.2. The average Bonchev–Trinajstić information content (AvgIpc) is 2.70. The van der Waals surface area contributed by atoms with Gasteiger partial charge in [0.05, 0.1) is 0 Å². The summed E-state index contributed by atoms with van der Waals surface area (Å²) < 4.78 is 1.11. The van der Waals surface area contributed by atoms with E-state index in [9.17, 15) is 10.1 Å². The van der Waals surface area contributed by atoms with Crippen molar-refractivity contribution in [3.8, 4) is 6.07 Å². The number of nitrogens with one attached hydrogen (secondary N) is 1. The van der Waals surface area contributed by atoms with Crippen LogP contribution in [0.15, 0.2) is 60.3 Å². The highest BCUT2D eigenvalue weighted by Crippen LogP contribution is 2.23. The third-order valence-corrected chi connectivity index (χ3v) is 5.80. The van der Waals surface area contributed by atoms with Gasteiger partial charge >= 0.3 is 0 Å². The van der Waals surface area contributed by atoms with E-state index in [4.69, 9.17) is 0 Å². The number of nitriles is 1. The lowest BCUT2D eigenvalue weighted by molar-refractivity contribution is -0.112. The van der Waals surface area contributed by atoms with Crippen LogP contribution in [0.5, 0.6) is 0 Å². The van der Waals surface area contributed by atoms with Crippen LogP contribution in [-0.4, -0.2) is 23.9 Å². The topological polar surface area (TPSA) is 56.1 Å². The zero-order chi connectivity index (χ0) is 19.9. The van der Waals surface area contributed by atoms with Crippen LogP contribution in [0.1, 0.15) is 24.0 Å². The van der Waals surface area contributed by atoms with Gasteiger partial charge in [0.15, 0.2) is 0 Å². The Morgan fingerprint density at radius 3 is 2.61 bits per heavy atom. The Morgan fingerprint density at radius 1 is 1.25 bits per heavy atom. The second-order valence-electron chi connectivity index (χ2n) is 7.24. The van der Waals surface area contributed by atoms with E-state index >= 15 is 0 Å². The molecule has 0 saturated carbocycles. The maximum atomic E-state index is 12.5. The van der Waals surface area contributed by atoms with Crippen molar-refractivity contribution in [2.24, 2.45) is 5.92 Å². The molecule has 0 aromatic heterocycles. The number of likely N-dealkylation sites (tertiary alicyclic amines) is 1. The average molecular weight is 485 g/mol. The predicted octanol–water partition coefficient (Wildman–Crippen LogP) is 4.90. The molecule has 0 radical (unpaired) electrons. The molecule has 144 valence electrons. The zero-order valence-corrected chi connectivity index (χ0v) is 18.1. The molecule has 1 aliphatic rings. The van der Waals surface area contributed by atoms with E-state index in [0.29, 0.717) is 5.92 Å². The van der Waals surface area contributed by atoms with Gasteiger partial charge in [0.1, 0.15) is 11.6 Å². The van der Waals surface area contributed by atoms with E-state index in [1.807, 2.05) is 31.2 Å². The van der Waals surface area contributed by atoms with Crippen molar-refractivity contribution in [2.75, 3.05) is 18.4 Å². The Labute approximate surface area is 180 Å². The minimum Gasteiger partial charge on any atom is -0.376 e. The monoisotopic (exact) mass is 485 g/mol. The Balaban J connectivity index is 1.57. The molecule has 1 aliphatic heterocycles. The molecule has 1 heterocycles. The third kappa shape index (κ3) is 5.59. The molecule has 1 N–H and O–H groups in total. The first-order valence-corrected chi connectivity index (χ1v) is 10.6. The van der Waals surface area contributed by atoms with E-state index < -0.39 is 0 Å². The molecule has 2 aromatic rings. The van der Waals surface area contributed by atoms with E-state index in [-0.39, 0.29) is 11.5 Å². The number of hydrogen-bond acceptors (Lipinski definition) is 3. The molecule has 4 nitrogen and oxygen atoms in total. The molecule has 0 aliphatic carbocycles. The number of carbonyl (C=O) groups is 1. The predicted molar refractivity (Wildman–Crippen MR) is 121 cm³/mol. The van der Waals surface area contributed by atoms with Crippen LogP contribution < -0.4 is 5.32 Å². The van der Waals surface area contributed by atoms with Crippen LogP contribution in [0.3, 0.4) is 0 Å². The van der Waals surface area contributed by atoms with Crippen LogP contribution in [0.2, 0.25) is 0 Å². The summed E-state index contributed by atoms with van der Waals surface area (Å²) in [5.74, 6) is 0.305. The van der Waals surface area contributed by atoms with Gasteiger partial charge in [-0.3, -0.25) is 4.79 Å². The lowest BCUT2D eigenvalue weighted by Gasteiger charge is -2.31. The smallest absolute Gasteiger partial charge is 0.267 e. The maximum Gasteiger partial charge on any atom is 0.267 e. The molecule has 3 rings (SSSR count). The summed E-state index contributed by atoms with van der Waals surface area (Å²) in [4.78, 5) is 14.6. The van der Waals surface area contributed by atoms with Gasteiger partial charge in [0, 0.05) is 28.5 Å². The van der Waals surface area contributed by atoms with Crippen LogP contribution in [0.25, 0.3) is 0 Å². The highest BCUT2D eigenvalue weighted by molar-refractivity contribution is 14.1. The Bertz CT molecular complexity index is 894. The summed E-state index contributed by atoms with van der Waals surface area (Å²) in [6, 6.07) is 18.4. The maximum absolute atomic E-state index is 12.5. The molecule has 5 heteroatoms. The lowest BCUT2D eigenvalue weighted by Crippen LogP contribution is -2.31. The first kappa shape index (κ1) is 20.4. The van der Waals surface area contributed by atoms with E-state index in [2.05, 4.69) is 63.1 Å². The fourth-order valence-corrected chi connectivity index (χ4v) is 4.16. The second-order valence-corrected chi connectivity index (χ2v) is 8.48. The molecular weight excluding hydrogens is 461 g/mol. The van der Waals surface area contributed by atoms with E-state index in [1.165, 1.54) is 5.56 Å². The van der Waals surface area contributed by atoms with Crippen LogP contribution >= 0.6 is 22.6 Å². The van der Waals surface area contributed by atoms with Gasteiger partial charge in [-0.15, -0.1) is 0 Å². The van der Waals surface area contributed by atoms with Gasteiger partial charge in [0.25, 0.3) is 5.91 Å². The van der Waals surface area contributed by atoms with Crippen molar-refractivity contribution in [2.45, 2.75) is 26.2 Å². The number of anilines is 1. The molecule has 1 fully saturated rings. The molecule has 0 bridgehead atoms. The summed E-state index contributed by atoms with van der Waals surface area (Å²) in [5.41, 5.74) is 3.26. The van der Waals surface area contributed by atoms with Gasteiger partial charge in [-0.05, 0) is 84.0 Å². The summed E-state index contributed by atoms with van der Waals surface area (Å²) >= 11 is 2.24. The standard InChI is InChI=1S/C23H24IN3O/c1-17-13-21(24)7-8-22(17)26-23(28)20(15-25)16-27-11-9-19(10-12-27)14-18-5-3-2-4-6-18/h2-8,13,16,19H,9-12,14H2,1H3,(H,26,28)/b20-16-. The quantitative estimate of drug-likeness (QED) is 0.373. The molecule has 2 aromatic carbocycles. The minimum absolute atomic E-state index is 0.152. The van der Waals surface area contributed by atoms with E-state index in [0.717, 1.165) is 47.2 Å². The zero-order valence-electron chi connectivity index (χ0n) is 16.0. The van der Waals surface area contributed by atoms with Crippen LogP contribution in [-0.2, 0) is 11.2 Å². The molecule has 28 heavy (non-hydrogen) atoms. The van der Waals surface area contributed by atoms with Crippen molar-refractivity contribution in [3.63, 3.8) is 0 Å². The van der Waals surface area contributed by atoms with Crippen molar-refractivity contribution in [1.82, 2.24) is 4.90 Å². The number of rotatable bonds is 5. The number of hydrogen-bond donors (Lipinski definition) is 1. The molecule has 0 spiro atoms. The van der Waals surface area contributed by atoms with Crippen LogP contribution in [0, 0.1) is 27.7 Å². The van der Waals surface area contributed by atoms with Gasteiger partial charge in [-0.25, -0.2) is 0 Å². The fourth-order valence-electron chi connectivity index (χ4n) is 3.51. The highest BCUT2D eigenvalue weighted by Gasteiger charge is 2.19. The summed E-state index contributed by atoms with van der Waals surface area (Å²) in [5, 5.41) is 12.3. The molecule has 1 amide bonds. The van der Waals surface area contributed by atoms with Gasteiger partial charge in [-0.1, -0.05) is 30.3 Å². The number of piperidine rings is 1.